The smallest absolute Gasteiger partial charge is 0.319 e. The molecule has 0 bridgehead atoms. The lowest BCUT2D eigenvalue weighted by Gasteiger charge is -2.16. The van der Waals surface area contributed by atoms with E-state index in [1.807, 2.05) is 0 Å². The number of ether oxygens (including phenoxy) is 2. The van der Waals surface area contributed by atoms with Crippen LogP contribution in [0.3, 0.4) is 0 Å². The Kier molecular flexibility index (Phi) is 5.96. The van der Waals surface area contributed by atoms with Crippen molar-refractivity contribution in [3.63, 3.8) is 0 Å². The van der Waals surface area contributed by atoms with Crippen molar-refractivity contribution in [2.45, 2.75) is 6.04 Å². The lowest BCUT2D eigenvalue weighted by atomic mass is 10.3. The van der Waals surface area contributed by atoms with Crippen molar-refractivity contribution >= 4 is 11.7 Å². The summed E-state index contributed by atoms with van der Waals surface area (Å²) in [6.07, 6.45) is 0. The van der Waals surface area contributed by atoms with Crippen molar-refractivity contribution in [2.75, 3.05) is 32.7 Å². The molecule has 1 aromatic rings. The maximum absolute atomic E-state index is 11.7. The molecule has 0 saturated heterocycles. The number of carbonyl (C=O) groups is 1. The van der Waals surface area contributed by atoms with Gasteiger partial charge in [0.2, 0.25) is 0 Å². The fraction of sp³-hybridized carbons (Fsp3) is 0.417. The molecular formula is C12H19N3O3. The third-order valence-electron chi connectivity index (χ3n) is 2.32. The van der Waals surface area contributed by atoms with E-state index in [9.17, 15) is 4.79 Å². The van der Waals surface area contributed by atoms with Crippen LogP contribution in [0, 0.1) is 0 Å². The number of amides is 2. The van der Waals surface area contributed by atoms with Crippen molar-refractivity contribution in [3.05, 3.63) is 24.3 Å². The molecule has 4 N–H and O–H groups in total. The molecule has 0 radical (unpaired) electrons. The van der Waals surface area contributed by atoms with Crippen molar-refractivity contribution in [2.24, 2.45) is 5.73 Å². The van der Waals surface area contributed by atoms with Crippen LogP contribution in [0.2, 0.25) is 0 Å². The molecule has 100 valence electrons. The molecule has 0 aliphatic rings. The Bertz CT molecular complexity index is 385. The average molecular weight is 253 g/mol. The standard InChI is InChI=1S/C12H19N3O3/c1-17-8-10(7-13)15-12(16)14-9-4-3-5-11(6-9)18-2/h3-6,10H,7-8,13H2,1-2H3,(H2,14,15,16). The van der Waals surface area contributed by atoms with Gasteiger partial charge in [0, 0.05) is 25.4 Å². The van der Waals surface area contributed by atoms with E-state index in [1.54, 1.807) is 38.5 Å². The van der Waals surface area contributed by atoms with Gasteiger partial charge in [-0.05, 0) is 12.1 Å². The number of nitrogens with one attached hydrogen (secondary N) is 2. The molecule has 0 spiro atoms. The minimum atomic E-state index is -0.323. The molecule has 6 heteroatoms. The first-order valence-electron chi connectivity index (χ1n) is 5.60. The van der Waals surface area contributed by atoms with Crippen LogP contribution in [0.15, 0.2) is 24.3 Å². The summed E-state index contributed by atoms with van der Waals surface area (Å²) in [6.45, 7) is 0.696. The highest BCUT2D eigenvalue weighted by atomic mass is 16.5. The molecule has 0 fully saturated rings. The lowest BCUT2D eigenvalue weighted by molar-refractivity contribution is 0.169. The van der Waals surface area contributed by atoms with Gasteiger partial charge >= 0.3 is 6.03 Å². The molecule has 2 amide bonds. The van der Waals surface area contributed by atoms with Crippen LogP contribution in [0.25, 0.3) is 0 Å². The van der Waals surface area contributed by atoms with E-state index in [4.69, 9.17) is 15.2 Å². The third-order valence-corrected chi connectivity index (χ3v) is 2.32. The van der Waals surface area contributed by atoms with Gasteiger partial charge in [-0.3, -0.25) is 0 Å². The fourth-order valence-corrected chi connectivity index (χ4v) is 1.42. The minimum Gasteiger partial charge on any atom is -0.497 e. The Morgan fingerprint density at radius 3 is 2.83 bits per heavy atom. The maximum atomic E-state index is 11.7. The summed E-state index contributed by atoms with van der Waals surface area (Å²) in [7, 11) is 3.13. The highest BCUT2D eigenvalue weighted by Gasteiger charge is 2.10. The Labute approximate surface area is 106 Å². The van der Waals surface area contributed by atoms with Crippen molar-refractivity contribution in [1.82, 2.24) is 5.32 Å². The zero-order valence-corrected chi connectivity index (χ0v) is 10.6. The second-order valence-electron chi connectivity index (χ2n) is 3.72. The van der Waals surface area contributed by atoms with Gasteiger partial charge in [0.15, 0.2) is 0 Å². The summed E-state index contributed by atoms with van der Waals surface area (Å²) in [5.41, 5.74) is 6.16. The molecule has 0 saturated carbocycles. The third kappa shape index (κ3) is 4.60. The van der Waals surface area contributed by atoms with Gasteiger partial charge in [0.1, 0.15) is 5.75 Å². The Hall–Kier alpha value is -1.79. The van der Waals surface area contributed by atoms with Gasteiger partial charge < -0.3 is 25.8 Å². The second kappa shape index (κ2) is 7.52. The molecule has 1 unspecified atom stereocenters. The zero-order valence-electron chi connectivity index (χ0n) is 10.6. The van der Waals surface area contributed by atoms with Crippen LogP contribution >= 0.6 is 0 Å². The van der Waals surface area contributed by atoms with E-state index in [0.717, 1.165) is 0 Å². The van der Waals surface area contributed by atoms with Crippen LogP contribution in [-0.2, 0) is 4.74 Å². The number of anilines is 1. The van der Waals surface area contributed by atoms with E-state index in [1.165, 1.54) is 0 Å². The summed E-state index contributed by atoms with van der Waals surface area (Å²) in [5.74, 6) is 0.681. The molecule has 0 heterocycles. The minimum absolute atomic E-state index is 0.208. The van der Waals surface area contributed by atoms with E-state index < -0.39 is 0 Å². The SMILES string of the molecule is COCC(CN)NC(=O)Nc1cccc(OC)c1. The zero-order chi connectivity index (χ0) is 13.4. The van der Waals surface area contributed by atoms with Gasteiger partial charge in [-0.2, -0.15) is 0 Å². The Balaban J connectivity index is 2.52. The number of rotatable bonds is 6. The van der Waals surface area contributed by atoms with Crippen molar-refractivity contribution in [1.29, 1.82) is 0 Å². The summed E-state index contributed by atoms with van der Waals surface area (Å²) >= 11 is 0. The topological polar surface area (TPSA) is 85.6 Å². The Morgan fingerprint density at radius 1 is 1.44 bits per heavy atom. The number of nitrogens with two attached hydrogens (primary N) is 1. The fourth-order valence-electron chi connectivity index (χ4n) is 1.42. The number of urea groups is 1. The summed E-state index contributed by atoms with van der Waals surface area (Å²) in [4.78, 5) is 11.7. The van der Waals surface area contributed by atoms with Gasteiger partial charge in [-0.25, -0.2) is 4.79 Å². The quantitative estimate of drug-likeness (QED) is 0.699. The maximum Gasteiger partial charge on any atom is 0.319 e. The number of methoxy groups -OCH3 is 2. The number of hydrogen-bond acceptors (Lipinski definition) is 4. The van der Waals surface area contributed by atoms with Gasteiger partial charge in [0.25, 0.3) is 0 Å². The van der Waals surface area contributed by atoms with E-state index in [-0.39, 0.29) is 12.1 Å². The average Bonchev–Trinajstić information content (AvgIpc) is 2.38. The number of hydrogen-bond donors (Lipinski definition) is 3. The summed E-state index contributed by atoms with van der Waals surface area (Å²) in [5, 5.41) is 5.41. The second-order valence-corrected chi connectivity index (χ2v) is 3.72. The van der Waals surface area contributed by atoms with Crippen molar-refractivity contribution in [3.8, 4) is 5.75 Å². The normalized spacial score (nSPS) is 11.7. The molecular weight excluding hydrogens is 234 g/mol. The van der Waals surface area contributed by atoms with Crippen LogP contribution in [-0.4, -0.2) is 39.4 Å². The largest absolute Gasteiger partial charge is 0.497 e. The summed E-state index contributed by atoms with van der Waals surface area (Å²) in [6, 6.07) is 6.57. The van der Waals surface area contributed by atoms with Gasteiger partial charge in [0.05, 0.1) is 19.8 Å². The highest BCUT2D eigenvalue weighted by molar-refractivity contribution is 5.89. The van der Waals surface area contributed by atoms with E-state index in [2.05, 4.69) is 10.6 Å². The monoisotopic (exact) mass is 253 g/mol. The molecule has 1 aromatic carbocycles. The lowest BCUT2D eigenvalue weighted by Crippen LogP contribution is -2.45. The summed E-state index contributed by atoms with van der Waals surface area (Å²) < 4.78 is 10.0. The Morgan fingerprint density at radius 2 is 2.22 bits per heavy atom. The van der Waals surface area contributed by atoms with Gasteiger partial charge in [-0.15, -0.1) is 0 Å². The van der Waals surface area contributed by atoms with Crippen molar-refractivity contribution < 1.29 is 14.3 Å². The first-order chi connectivity index (χ1) is 8.69. The highest BCUT2D eigenvalue weighted by Crippen LogP contribution is 2.16. The number of benzene rings is 1. The molecule has 0 aromatic heterocycles. The predicted molar refractivity (Wildman–Crippen MR) is 69.9 cm³/mol. The predicted octanol–water partition coefficient (Wildman–Crippen LogP) is 0.790. The van der Waals surface area contributed by atoms with Gasteiger partial charge in [-0.1, -0.05) is 6.07 Å². The van der Waals surface area contributed by atoms with E-state index >= 15 is 0 Å². The first-order valence-corrected chi connectivity index (χ1v) is 5.60. The molecule has 0 aliphatic carbocycles. The number of carbonyl (C=O) groups excluding carboxylic acids is 1. The van der Waals surface area contributed by atoms with E-state index in [0.29, 0.717) is 24.6 Å². The van der Waals surface area contributed by atoms with Crippen LogP contribution in [0.1, 0.15) is 0 Å². The first kappa shape index (κ1) is 14.3. The van der Waals surface area contributed by atoms with Crippen LogP contribution in [0.4, 0.5) is 10.5 Å². The molecule has 18 heavy (non-hydrogen) atoms. The van der Waals surface area contributed by atoms with Crippen LogP contribution in [0.5, 0.6) is 5.75 Å². The molecule has 6 nitrogen and oxygen atoms in total. The molecule has 0 aliphatic heterocycles. The van der Waals surface area contributed by atoms with Crippen LogP contribution < -0.4 is 21.1 Å². The molecule has 1 atom stereocenters. The molecule has 1 rings (SSSR count).